The third-order valence-corrected chi connectivity index (χ3v) is 6.08. The molecule has 5 heteroatoms. The second-order valence-corrected chi connectivity index (χ2v) is 7.95. The van der Waals surface area contributed by atoms with Crippen molar-refractivity contribution < 1.29 is 12.6 Å². The van der Waals surface area contributed by atoms with Crippen LogP contribution in [0.25, 0.3) is 0 Å². The number of nitriles is 1. The summed E-state index contributed by atoms with van der Waals surface area (Å²) in [6.07, 6.45) is 6.91. The van der Waals surface area contributed by atoms with Crippen molar-refractivity contribution in [1.29, 1.82) is 5.26 Å². The molecule has 1 saturated carbocycles. The molecule has 3 unspecified atom stereocenters. The number of benzene rings is 1. The molecule has 0 heterocycles. The summed E-state index contributed by atoms with van der Waals surface area (Å²) in [5.41, 5.74) is 0.275. The van der Waals surface area contributed by atoms with Crippen LogP contribution in [0.3, 0.4) is 0 Å². The summed E-state index contributed by atoms with van der Waals surface area (Å²) in [5.74, 6) is 0.464. The van der Waals surface area contributed by atoms with Gasteiger partial charge in [-0.15, -0.1) is 0 Å². The predicted octanol–water partition coefficient (Wildman–Crippen LogP) is 3.20. The molecule has 1 fully saturated rings. The van der Waals surface area contributed by atoms with Gasteiger partial charge in [-0.25, -0.2) is 0 Å². The van der Waals surface area contributed by atoms with Gasteiger partial charge in [0.1, 0.15) is 0 Å². The summed E-state index contributed by atoms with van der Waals surface area (Å²) >= 11 is 0. The van der Waals surface area contributed by atoms with Crippen molar-refractivity contribution in [3.8, 4) is 6.07 Å². The first-order valence-corrected chi connectivity index (χ1v) is 8.92. The third-order valence-electron chi connectivity index (χ3n) is 4.80. The van der Waals surface area contributed by atoms with E-state index in [4.69, 9.17) is 4.18 Å². The molecular weight excluding hydrogens is 298 g/mol. The van der Waals surface area contributed by atoms with Crippen LogP contribution in [0.15, 0.2) is 41.3 Å². The van der Waals surface area contributed by atoms with Crippen LogP contribution < -0.4 is 0 Å². The van der Waals surface area contributed by atoms with E-state index in [1.807, 2.05) is 6.92 Å². The second kappa shape index (κ2) is 5.53. The number of hydrogen-bond acceptors (Lipinski definition) is 4. The highest BCUT2D eigenvalue weighted by molar-refractivity contribution is 7.86. The molecule has 0 radical (unpaired) electrons. The molecule has 4 nitrogen and oxygen atoms in total. The van der Waals surface area contributed by atoms with Gasteiger partial charge in [-0.3, -0.25) is 4.18 Å². The van der Waals surface area contributed by atoms with Gasteiger partial charge in [-0.05, 0) is 50.2 Å². The van der Waals surface area contributed by atoms with E-state index in [2.05, 4.69) is 18.2 Å². The zero-order chi connectivity index (χ0) is 15.8. The van der Waals surface area contributed by atoms with Crippen LogP contribution >= 0.6 is 0 Å². The molecular formula is C17H19NO3S. The lowest BCUT2D eigenvalue weighted by Crippen LogP contribution is -2.41. The maximum absolute atomic E-state index is 12.3. The van der Waals surface area contributed by atoms with E-state index in [0.29, 0.717) is 12.3 Å². The molecule has 0 aromatic heterocycles. The molecule has 116 valence electrons. The summed E-state index contributed by atoms with van der Waals surface area (Å²) < 4.78 is 29.9. The van der Waals surface area contributed by atoms with Gasteiger partial charge < -0.3 is 0 Å². The molecule has 2 bridgehead atoms. The fourth-order valence-corrected chi connectivity index (χ4v) is 4.38. The Morgan fingerprint density at radius 2 is 2.00 bits per heavy atom. The van der Waals surface area contributed by atoms with E-state index < -0.39 is 15.5 Å². The second-order valence-electron chi connectivity index (χ2n) is 6.33. The van der Waals surface area contributed by atoms with Gasteiger partial charge in [0, 0.05) is 0 Å². The van der Waals surface area contributed by atoms with Gasteiger partial charge in [0.05, 0.1) is 23.0 Å². The molecule has 3 atom stereocenters. The Morgan fingerprint density at radius 1 is 1.27 bits per heavy atom. The van der Waals surface area contributed by atoms with Crippen LogP contribution in [0, 0.1) is 35.5 Å². The molecule has 1 aromatic carbocycles. The van der Waals surface area contributed by atoms with Crippen LogP contribution in [0.4, 0.5) is 0 Å². The Bertz CT molecular complexity index is 730. The number of rotatable bonds is 4. The van der Waals surface area contributed by atoms with E-state index in [-0.39, 0.29) is 17.4 Å². The van der Waals surface area contributed by atoms with Gasteiger partial charge in [-0.2, -0.15) is 13.7 Å². The number of fused-ring (bicyclic) bond motifs is 2. The quantitative estimate of drug-likeness (QED) is 0.632. The van der Waals surface area contributed by atoms with E-state index in [1.54, 1.807) is 12.1 Å². The van der Waals surface area contributed by atoms with Crippen LogP contribution in [-0.4, -0.2) is 15.0 Å². The van der Waals surface area contributed by atoms with Crippen molar-refractivity contribution in [1.82, 2.24) is 0 Å². The van der Waals surface area contributed by atoms with Crippen molar-refractivity contribution in [3.05, 3.63) is 42.0 Å². The van der Waals surface area contributed by atoms with Crippen LogP contribution in [0.2, 0.25) is 0 Å². The molecule has 22 heavy (non-hydrogen) atoms. The van der Waals surface area contributed by atoms with Crippen molar-refractivity contribution >= 4 is 10.1 Å². The first kappa shape index (κ1) is 15.3. The lowest BCUT2D eigenvalue weighted by molar-refractivity contribution is 0.0852. The third kappa shape index (κ3) is 2.69. The number of allylic oxidation sites excluding steroid dienone is 2. The van der Waals surface area contributed by atoms with E-state index in [1.165, 1.54) is 12.1 Å². The Morgan fingerprint density at radius 3 is 2.50 bits per heavy atom. The SMILES string of the molecule is Cc1ccc(S(=O)(=O)OCC2(C#N)CC3C=CC2CC3)cc1. The molecule has 0 spiro atoms. The molecule has 3 aliphatic carbocycles. The van der Waals surface area contributed by atoms with Crippen molar-refractivity contribution in [2.24, 2.45) is 17.3 Å². The van der Waals surface area contributed by atoms with Gasteiger partial charge in [0.15, 0.2) is 0 Å². The average molecular weight is 317 g/mol. The number of hydrogen-bond donors (Lipinski definition) is 0. The van der Waals surface area contributed by atoms with Gasteiger partial charge >= 0.3 is 0 Å². The Hall–Kier alpha value is -1.64. The lowest BCUT2D eigenvalue weighted by Gasteiger charge is -2.43. The van der Waals surface area contributed by atoms with E-state index in [9.17, 15) is 13.7 Å². The summed E-state index contributed by atoms with van der Waals surface area (Å²) in [5, 5.41) is 9.61. The molecule has 4 rings (SSSR count). The summed E-state index contributed by atoms with van der Waals surface area (Å²) in [6.45, 7) is 1.83. The maximum atomic E-state index is 12.3. The fraction of sp³-hybridized carbons (Fsp3) is 0.471. The van der Waals surface area contributed by atoms with Crippen molar-refractivity contribution in [2.75, 3.05) is 6.61 Å². The number of nitrogens with zero attached hydrogens (tertiary/aromatic N) is 1. The molecule has 1 aromatic rings. The Balaban J connectivity index is 1.78. The van der Waals surface area contributed by atoms with Crippen molar-refractivity contribution in [3.63, 3.8) is 0 Å². The minimum atomic E-state index is -3.82. The molecule has 3 aliphatic rings. The average Bonchev–Trinajstić information content (AvgIpc) is 2.54. The molecule has 0 aliphatic heterocycles. The topological polar surface area (TPSA) is 67.2 Å². The highest BCUT2D eigenvalue weighted by atomic mass is 32.2. The largest absolute Gasteiger partial charge is 0.297 e. The molecule has 0 amide bonds. The zero-order valence-electron chi connectivity index (χ0n) is 12.5. The Labute approximate surface area is 131 Å². The first-order chi connectivity index (χ1) is 10.5. The lowest BCUT2D eigenvalue weighted by atomic mass is 9.60. The monoisotopic (exact) mass is 317 g/mol. The smallest absolute Gasteiger partial charge is 0.265 e. The minimum absolute atomic E-state index is 0.0643. The Kier molecular flexibility index (Phi) is 3.84. The highest BCUT2D eigenvalue weighted by Crippen LogP contribution is 2.49. The highest BCUT2D eigenvalue weighted by Gasteiger charge is 2.46. The normalized spacial score (nSPS) is 30.2. The molecule has 0 saturated heterocycles. The molecule has 0 N–H and O–H groups in total. The van der Waals surface area contributed by atoms with Crippen LogP contribution in [0.1, 0.15) is 24.8 Å². The van der Waals surface area contributed by atoms with Crippen LogP contribution in [0.5, 0.6) is 0 Å². The van der Waals surface area contributed by atoms with Gasteiger partial charge in [0.2, 0.25) is 0 Å². The minimum Gasteiger partial charge on any atom is -0.265 e. The van der Waals surface area contributed by atoms with E-state index in [0.717, 1.165) is 18.4 Å². The summed E-state index contributed by atoms with van der Waals surface area (Å²) in [4.78, 5) is 0.141. The van der Waals surface area contributed by atoms with Crippen LogP contribution in [-0.2, 0) is 14.3 Å². The predicted molar refractivity (Wildman–Crippen MR) is 82.3 cm³/mol. The fourth-order valence-electron chi connectivity index (χ4n) is 3.41. The first-order valence-electron chi connectivity index (χ1n) is 7.51. The van der Waals surface area contributed by atoms with Gasteiger partial charge in [0.25, 0.3) is 10.1 Å². The number of aryl methyl sites for hydroxylation is 1. The zero-order valence-corrected chi connectivity index (χ0v) is 13.3. The standard InChI is InChI=1S/C17H19NO3S/c1-13-2-8-16(9-3-13)22(19,20)21-12-17(11-18)10-14-4-6-15(17)7-5-14/h2-4,6,8-9,14-15H,5,7,10,12H2,1H3. The maximum Gasteiger partial charge on any atom is 0.297 e. The van der Waals surface area contributed by atoms with Crippen molar-refractivity contribution in [2.45, 2.75) is 31.1 Å². The summed E-state index contributed by atoms with van der Waals surface area (Å²) in [6, 6.07) is 8.89. The van der Waals surface area contributed by atoms with Gasteiger partial charge in [-0.1, -0.05) is 29.8 Å². The van der Waals surface area contributed by atoms with E-state index >= 15 is 0 Å². The summed E-state index contributed by atoms with van der Waals surface area (Å²) in [7, 11) is -3.82.